The first kappa shape index (κ1) is 20.1. The van der Waals surface area contributed by atoms with Crippen molar-refractivity contribution in [3.05, 3.63) is 65.2 Å². The van der Waals surface area contributed by atoms with Gasteiger partial charge in [-0.05, 0) is 54.5 Å². The molecule has 3 rings (SSSR count). The van der Waals surface area contributed by atoms with Crippen LogP contribution in [0.25, 0.3) is 0 Å². The lowest BCUT2D eigenvalue weighted by atomic mass is 10.00. The standard InChI is InChI=1S/C24H30N2O2/c1-17(2)15-19-6-10-21(11-7-19)18(3)25-23(27)16-20-8-12-22(13-9-20)26-14-4-5-24(26)28/h6-13,17-18H,4-5,14-16H2,1-3H3,(H,25,27)/t18-/m1/s1. The Labute approximate surface area is 167 Å². The van der Waals surface area contributed by atoms with E-state index in [2.05, 4.69) is 43.4 Å². The lowest BCUT2D eigenvalue weighted by Gasteiger charge is -2.17. The molecule has 148 valence electrons. The van der Waals surface area contributed by atoms with Gasteiger partial charge in [0.05, 0.1) is 12.5 Å². The topological polar surface area (TPSA) is 49.4 Å². The number of amides is 2. The highest BCUT2D eigenvalue weighted by Gasteiger charge is 2.21. The molecule has 1 fully saturated rings. The van der Waals surface area contributed by atoms with E-state index in [9.17, 15) is 9.59 Å². The average Bonchev–Trinajstić information content (AvgIpc) is 3.08. The molecule has 2 aromatic rings. The third-order valence-corrected chi connectivity index (χ3v) is 5.19. The Morgan fingerprint density at radius 1 is 1.00 bits per heavy atom. The molecule has 1 aliphatic heterocycles. The summed E-state index contributed by atoms with van der Waals surface area (Å²) >= 11 is 0. The zero-order valence-electron chi connectivity index (χ0n) is 17.1. The van der Waals surface area contributed by atoms with Crippen molar-refractivity contribution in [3.8, 4) is 0 Å². The largest absolute Gasteiger partial charge is 0.349 e. The van der Waals surface area contributed by atoms with Crippen molar-refractivity contribution in [3.63, 3.8) is 0 Å². The van der Waals surface area contributed by atoms with Crippen LogP contribution in [-0.2, 0) is 22.4 Å². The van der Waals surface area contributed by atoms with E-state index >= 15 is 0 Å². The molecule has 0 unspecified atom stereocenters. The Hall–Kier alpha value is -2.62. The van der Waals surface area contributed by atoms with Gasteiger partial charge >= 0.3 is 0 Å². The van der Waals surface area contributed by atoms with Crippen LogP contribution in [0.1, 0.15) is 56.3 Å². The van der Waals surface area contributed by atoms with E-state index in [-0.39, 0.29) is 17.9 Å². The summed E-state index contributed by atoms with van der Waals surface area (Å²) in [6.07, 6.45) is 2.95. The first-order chi connectivity index (χ1) is 13.4. The van der Waals surface area contributed by atoms with E-state index in [0.29, 0.717) is 18.8 Å². The van der Waals surface area contributed by atoms with Crippen LogP contribution >= 0.6 is 0 Å². The van der Waals surface area contributed by atoms with E-state index in [0.717, 1.165) is 36.2 Å². The molecule has 1 aliphatic rings. The maximum atomic E-state index is 12.4. The molecule has 0 saturated carbocycles. The molecular formula is C24H30N2O2. The molecule has 0 aliphatic carbocycles. The Morgan fingerprint density at radius 2 is 1.64 bits per heavy atom. The number of rotatable bonds is 7. The number of benzene rings is 2. The van der Waals surface area contributed by atoms with Crippen LogP contribution in [-0.4, -0.2) is 18.4 Å². The van der Waals surface area contributed by atoms with E-state index in [1.807, 2.05) is 36.1 Å². The lowest BCUT2D eigenvalue weighted by Crippen LogP contribution is -2.28. The molecule has 1 N–H and O–H groups in total. The summed E-state index contributed by atoms with van der Waals surface area (Å²) < 4.78 is 0. The lowest BCUT2D eigenvalue weighted by molar-refractivity contribution is -0.121. The summed E-state index contributed by atoms with van der Waals surface area (Å²) in [6, 6.07) is 16.2. The highest BCUT2D eigenvalue weighted by molar-refractivity contribution is 5.95. The van der Waals surface area contributed by atoms with Crippen molar-refractivity contribution in [1.29, 1.82) is 0 Å². The predicted molar refractivity (Wildman–Crippen MR) is 113 cm³/mol. The van der Waals surface area contributed by atoms with Gasteiger partial charge in [-0.15, -0.1) is 0 Å². The van der Waals surface area contributed by atoms with Gasteiger partial charge in [0.25, 0.3) is 0 Å². The molecule has 4 nitrogen and oxygen atoms in total. The summed E-state index contributed by atoms with van der Waals surface area (Å²) in [5.41, 5.74) is 4.31. The summed E-state index contributed by atoms with van der Waals surface area (Å²) in [5.74, 6) is 0.820. The molecule has 1 atom stereocenters. The minimum absolute atomic E-state index is 0.00348. The van der Waals surface area contributed by atoms with Crippen LogP contribution in [0.3, 0.4) is 0 Å². The second kappa shape index (κ2) is 9.05. The van der Waals surface area contributed by atoms with E-state index < -0.39 is 0 Å². The quantitative estimate of drug-likeness (QED) is 0.775. The van der Waals surface area contributed by atoms with Gasteiger partial charge in [0, 0.05) is 18.7 Å². The molecule has 4 heteroatoms. The third kappa shape index (κ3) is 5.22. The van der Waals surface area contributed by atoms with E-state index in [1.165, 1.54) is 5.56 Å². The summed E-state index contributed by atoms with van der Waals surface area (Å²) in [4.78, 5) is 26.1. The molecule has 0 bridgehead atoms. The minimum Gasteiger partial charge on any atom is -0.349 e. The van der Waals surface area contributed by atoms with Crippen molar-refractivity contribution in [2.24, 2.45) is 5.92 Å². The normalized spacial score (nSPS) is 15.1. The Balaban J connectivity index is 1.54. The predicted octanol–water partition coefficient (Wildman–Crippen LogP) is 4.43. The van der Waals surface area contributed by atoms with Crippen molar-refractivity contribution >= 4 is 17.5 Å². The van der Waals surface area contributed by atoms with Gasteiger partial charge < -0.3 is 10.2 Å². The van der Waals surface area contributed by atoms with Crippen LogP contribution in [0.4, 0.5) is 5.69 Å². The SMILES string of the molecule is CC(C)Cc1ccc([C@@H](C)NC(=O)Cc2ccc(N3CCCC3=O)cc2)cc1. The highest BCUT2D eigenvalue weighted by Crippen LogP contribution is 2.22. The van der Waals surface area contributed by atoms with Gasteiger partial charge in [-0.2, -0.15) is 0 Å². The third-order valence-electron chi connectivity index (χ3n) is 5.19. The maximum Gasteiger partial charge on any atom is 0.227 e. The molecule has 2 aromatic carbocycles. The van der Waals surface area contributed by atoms with Crippen molar-refractivity contribution in [2.45, 2.75) is 52.5 Å². The van der Waals surface area contributed by atoms with Gasteiger partial charge in [0.15, 0.2) is 0 Å². The van der Waals surface area contributed by atoms with Gasteiger partial charge in [-0.3, -0.25) is 9.59 Å². The van der Waals surface area contributed by atoms with Crippen LogP contribution in [0, 0.1) is 5.92 Å². The summed E-state index contributed by atoms with van der Waals surface area (Å²) in [5, 5.41) is 3.08. The van der Waals surface area contributed by atoms with E-state index in [4.69, 9.17) is 0 Å². The van der Waals surface area contributed by atoms with Crippen molar-refractivity contribution in [2.75, 3.05) is 11.4 Å². The fourth-order valence-electron chi connectivity index (χ4n) is 3.69. The van der Waals surface area contributed by atoms with Crippen LogP contribution in [0.2, 0.25) is 0 Å². The van der Waals surface area contributed by atoms with Crippen LogP contribution < -0.4 is 10.2 Å². The summed E-state index contributed by atoms with van der Waals surface area (Å²) in [7, 11) is 0. The second-order valence-electron chi connectivity index (χ2n) is 8.12. The van der Waals surface area contributed by atoms with Gasteiger partial charge in [-0.25, -0.2) is 0 Å². The number of nitrogens with zero attached hydrogens (tertiary/aromatic N) is 1. The van der Waals surface area contributed by atoms with Gasteiger partial charge in [0.1, 0.15) is 0 Å². The second-order valence-corrected chi connectivity index (χ2v) is 8.12. The number of carbonyl (C=O) groups excluding carboxylic acids is 2. The molecule has 1 saturated heterocycles. The Kier molecular flexibility index (Phi) is 6.50. The fourth-order valence-corrected chi connectivity index (χ4v) is 3.69. The number of hydrogen-bond acceptors (Lipinski definition) is 2. The molecule has 0 aromatic heterocycles. The number of hydrogen-bond donors (Lipinski definition) is 1. The van der Waals surface area contributed by atoms with Crippen LogP contribution in [0.15, 0.2) is 48.5 Å². The number of carbonyl (C=O) groups is 2. The zero-order chi connectivity index (χ0) is 20.1. The first-order valence-electron chi connectivity index (χ1n) is 10.2. The molecule has 0 spiro atoms. The van der Waals surface area contributed by atoms with Crippen molar-refractivity contribution in [1.82, 2.24) is 5.32 Å². The number of nitrogens with one attached hydrogen (secondary N) is 1. The Bertz CT molecular complexity index is 810. The molecule has 0 radical (unpaired) electrons. The number of anilines is 1. The zero-order valence-corrected chi connectivity index (χ0v) is 17.1. The molecule has 28 heavy (non-hydrogen) atoms. The first-order valence-corrected chi connectivity index (χ1v) is 10.2. The van der Waals surface area contributed by atoms with Gasteiger partial charge in [0.2, 0.25) is 11.8 Å². The highest BCUT2D eigenvalue weighted by atomic mass is 16.2. The smallest absolute Gasteiger partial charge is 0.227 e. The van der Waals surface area contributed by atoms with Crippen LogP contribution in [0.5, 0.6) is 0 Å². The molecular weight excluding hydrogens is 348 g/mol. The molecule has 1 heterocycles. The Morgan fingerprint density at radius 3 is 2.21 bits per heavy atom. The summed E-state index contributed by atoms with van der Waals surface area (Å²) in [6.45, 7) is 7.22. The monoisotopic (exact) mass is 378 g/mol. The molecule has 2 amide bonds. The van der Waals surface area contributed by atoms with E-state index in [1.54, 1.807) is 0 Å². The van der Waals surface area contributed by atoms with Gasteiger partial charge in [-0.1, -0.05) is 50.2 Å². The average molecular weight is 379 g/mol. The van der Waals surface area contributed by atoms with Crippen molar-refractivity contribution < 1.29 is 9.59 Å². The minimum atomic E-state index is -0.0258. The fraction of sp³-hybridized carbons (Fsp3) is 0.417. The maximum absolute atomic E-state index is 12.4.